The van der Waals surface area contributed by atoms with Crippen LogP contribution in [0, 0.1) is 6.92 Å². The van der Waals surface area contributed by atoms with Crippen molar-refractivity contribution in [2.45, 2.75) is 59.2 Å². The quantitative estimate of drug-likeness (QED) is 0.808. The lowest BCUT2D eigenvalue weighted by atomic mass is 9.93. The van der Waals surface area contributed by atoms with E-state index in [2.05, 4.69) is 70.8 Å². The molecule has 0 aliphatic heterocycles. The van der Waals surface area contributed by atoms with Gasteiger partial charge in [-0.3, -0.25) is 4.98 Å². The van der Waals surface area contributed by atoms with Crippen LogP contribution in [0.4, 0.5) is 0 Å². The smallest absolute Gasteiger partial charge is 0.0674 e. The van der Waals surface area contributed by atoms with Crippen molar-refractivity contribution in [2.24, 2.45) is 0 Å². The van der Waals surface area contributed by atoms with Crippen molar-refractivity contribution < 1.29 is 4.74 Å². The second-order valence-corrected chi connectivity index (χ2v) is 7.06. The van der Waals surface area contributed by atoms with Crippen molar-refractivity contribution in [3.63, 3.8) is 0 Å². The minimum Gasteiger partial charge on any atom is -0.370 e. The first-order valence-corrected chi connectivity index (χ1v) is 7.21. The van der Waals surface area contributed by atoms with Crippen molar-refractivity contribution in [3.8, 4) is 0 Å². The van der Waals surface area contributed by atoms with Crippen LogP contribution in [0.25, 0.3) is 10.8 Å². The predicted molar refractivity (Wildman–Crippen MR) is 85.1 cm³/mol. The van der Waals surface area contributed by atoms with Crippen LogP contribution in [0.1, 0.15) is 45.9 Å². The van der Waals surface area contributed by atoms with Crippen molar-refractivity contribution in [3.05, 3.63) is 41.7 Å². The number of hydrogen-bond acceptors (Lipinski definition) is 2. The van der Waals surface area contributed by atoms with E-state index in [4.69, 9.17) is 4.74 Å². The van der Waals surface area contributed by atoms with Crippen LogP contribution in [0.15, 0.2) is 30.5 Å². The van der Waals surface area contributed by atoms with Crippen LogP contribution in [0.3, 0.4) is 0 Å². The van der Waals surface area contributed by atoms with E-state index >= 15 is 0 Å². The van der Waals surface area contributed by atoms with Gasteiger partial charge in [0.2, 0.25) is 0 Å². The average molecular weight is 271 g/mol. The molecule has 20 heavy (non-hydrogen) atoms. The number of rotatable bonds is 3. The molecule has 0 fully saturated rings. The zero-order valence-electron chi connectivity index (χ0n) is 13.4. The monoisotopic (exact) mass is 271 g/mol. The summed E-state index contributed by atoms with van der Waals surface area (Å²) in [4.78, 5) is 4.37. The fourth-order valence-corrected chi connectivity index (χ4v) is 2.90. The van der Waals surface area contributed by atoms with Gasteiger partial charge >= 0.3 is 0 Å². The van der Waals surface area contributed by atoms with Crippen LogP contribution < -0.4 is 0 Å². The molecule has 2 aromatic rings. The summed E-state index contributed by atoms with van der Waals surface area (Å²) in [5.74, 6) is 0. The molecule has 0 amide bonds. The van der Waals surface area contributed by atoms with E-state index in [1.165, 1.54) is 16.3 Å². The number of aryl methyl sites for hydroxylation is 1. The summed E-state index contributed by atoms with van der Waals surface area (Å²) in [7, 11) is 0. The Hall–Kier alpha value is -1.41. The first kappa shape index (κ1) is 15.0. The molecule has 1 aromatic heterocycles. The van der Waals surface area contributed by atoms with E-state index in [1.807, 2.05) is 6.20 Å². The SMILES string of the molecule is Cc1nccc2c(CC(C)(C)OC(C)(C)C)cccc12. The molecule has 0 atom stereocenters. The highest BCUT2D eigenvalue weighted by atomic mass is 16.5. The number of pyridine rings is 1. The minimum absolute atomic E-state index is 0.133. The third kappa shape index (κ3) is 3.57. The molecule has 2 heteroatoms. The van der Waals surface area contributed by atoms with Crippen LogP contribution in [0.2, 0.25) is 0 Å². The number of nitrogens with zero attached hydrogens (tertiary/aromatic N) is 1. The van der Waals surface area contributed by atoms with Crippen molar-refractivity contribution in [1.29, 1.82) is 0 Å². The van der Waals surface area contributed by atoms with Gasteiger partial charge in [-0.1, -0.05) is 18.2 Å². The number of benzene rings is 1. The Morgan fingerprint density at radius 3 is 2.35 bits per heavy atom. The maximum Gasteiger partial charge on any atom is 0.0674 e. The van der Waals surface area contributed by atoms with Crippen LogP contribution >= 0.6 is 0 Å². The highest BCUT2D eigenvalue weighted by Gasteiger charge is 2.26. The summed E-state index contributed by atoms with van der Waals surface area (Å²) in [6, 6.07) is 8.54. The first-order valence-electron chi connectivity index (χ1n) is 7.21. The lowest BCUT2D eigenvalue weighted by Crippen LogP contribution is -2.36. The fraction of sp³-hybridized carbons (Fsp3) is 0.500. The van der Waals surface area contributed by atoms with Gasteiger partial charge in [0.15, 0.2) is 0 Å². The first-order chi connectivity index (χ1) is 9.18. The molecule has 0 radical (unpaired) electrons. The van der Waals surface area contributed by atoms with Gasteiger partial charge in [0.05, 0.1) is 11.2 Å². The number of ether oxygens (including phenoxy) is 1. The van der Waals surface area contributed by atoms with Crippen LogP contribution in [-0.2, 0) is 11.2 Å². The Morgan fingerprint density at radius 2 is 1.70 bits per heavy atom. The Labute approximate surface area is 122 Å². The zero-order chi connectivity index (χ0) is 15.0. The molecule has 0 saturated heterocycles. The molecule has 1 aromatic carbocycles. The summed E-state index contributed by atoms with van der Waals surface area (Å²) in [5, 5.41) is 2.52. The van der Waals surface area contributed by atoms with Gasteiger partial charge in [-0.2, -0.15) is 0 Å². The van der Waals surface area contributed by atoms with E-state index in [9.17, 15) is 0 Å². The second-order valence-electron chi connectivity index (χ2n) is 7.06. The van der Waals surface area contributed by atoms with E-state index in [0.717, 1.165) is 12.1 Å². The molecule has 0 saturated carbocycles. The summed E-state index contributed by atoms with van der Waals surface area (Å²) in [6.07, 6.45) is 2.78. The van der Waals surface area contributed by atoms with Gasteiger partial charge in [0.25, 0.3) is 0 Å². The molecular formula is C18H25NO. The van der Waals surface area contributed by atoms with E-state index in [0.29, 0.717) is 0 Å². The van der Waals surface area contributed by atoms with Gasteiger partial charge in [0.1, 0.15) is 0 Å². The third-order valence-electron chi connectivity index (χ3n) is 3.29. The van der Waals surface area contributed by atoms with Gasteiger partial charge in [-0.25, -0.2) is 0 Å². The molecule has 0 spiro atoms. The highest BCUT2D eigenvalue weighted by molar-refractivity contribution is 5.87. The molecule has 108 valence electrons. The second kappa shape index (κ2) is 5.17. The Kier molecular flexibility index (Phi) is 3.88. The summed E-state index contributed by atoms with van der Waals surface area (Å²) in [6.45, 7) is 12.7. The normalized spacial score (nSPS) is 12.9. The van der Waals surface area contributed by atoms with Gasteiger partial charge in [-0.15, -0.1) is 0 Å². The molecule has 0 bridgehead atoms. The summed E-state index contributed by atoms with van der Waals surface area (Å²) < 4.78 is 6.19. The summed E-state index contributed by atoms with van der Waals surface area (Å²) in [5.41, 5.74) is 2.08. The predicted octanol–water partition coefficient (Wildman–Crippen LogP) is 4.68. The average Bonchev–Trinajstić information content (AvgIpc) is 2.26. The Balaban J connectivity index is 2.37. The number of fused-ring (bicyclic) bond motifs is 1. The van der Waals surface area contributed by atoms with E-state index in [1.54, 1.807) is 0 Å². The Morgan fingerprint density at radius 1 is 1.00 bits per heavy atom. The summed E-state index contributed by atoms with van der Waals surface area (Å²) >= 11 is 0. The Bertz CT molecular complexity index is 608. The molecule has 2 rings (SSSR count). The minimum atomic E-state index is -0.191. The zero-order valence-corrected chi connectivity index (χ0v) is 13.4. The molecular weight excluding hydrogens is 246 g/mol. The molecule has 0 aliphatic rings. The van der Waals surface area contributed by atoms with Gasteiger partial charge in [0, 0.05) is 23.7 Å². The third-order valence-corrected chi connectivity index (χ3v) is 3.29. The number of hydrogen-bond donors (Lipinski definition) is 0. The number of aromatic nitrogens is 1. The molecule has 0 N–H and O–H groups in total. The van der Waals surface area contributed by atoms with Crippen molar-refractivity contribution in [1.82, 2.24) is 4.98 Å². The molecule has 0 aliphatic carbocycles. The lowest BCUT2D eigenvalue weighted by molar-refractivity contribution is -0.111. The highest BCUT2D eigenvalue weighted by Crippen LogP contribution is 2.28. The van der Waals surface area contributed by atoms with Crippen molar-refractivity contribution >= 4 is 10.8 Å². The van der Waals surface area contributed by atoms with Crippen LogP contribution in [0.5, 0.6) is 0 Å². The standard InChI is InChI=1S/C18H25NO/c1-13-15-9-7-8-14(16(15)10-11-19-13)12-18(5,6)20-17(2,3)4/h7-11H,12H2,1-6H3. The maximum absolute atomic E-state index is 6.19. The van der Waals surface area contributed by atoms with Gasteiger partial charge < -0.3 is 4.74 Å². The fourth-order valence-electron chi connectivity index (χ4n) is 2.90. The van der Waals surface area contributed by atoms with E-state index < -0.39 is 0 Å². The lowest BCUT2D eigenvalue weighted by Gasteiger charge is -2.34. The van der Waals surface area contributed by atoms with E-state index in [-0.39, 0.29) is 11.2 Å². The van der Waals surface area contributed by atoms with Gasteiger partial charge in [-0.05, 0) is 58.6 Å². The molecule has 0 unspecified atom stereocenters. The molecule has 1 heterocycles. The molecule has 2 nitrogen and oxygen atoms in total. The topological polar surface area (TPSA) is 22.1 Å². The maximum atomic E-state index is 6.19. The largest absolute Gasteiger partial charge is 0.370 e. The van der Waals surface area contributed by atoms with Crippen molar-refractivity contribution in [2.75, 3.05) is 0 Å². The van der Waals surface area contributed by atoms with Crippen LogP contribution in [-0.4, -0.2) is 16.2 Å².